The minimum Gasteiger partial charge on any atom is -0.454 e. The lowest BCUT2D eigenvalue weighted by Gasteiger charge is -2.12. The number of halogens is 1. The van der Waals surface area contributed by atoms with E-state index in [4.69, 9.17) is 4.74 Å². The van der Waals surface area contributed by atoms with Crippen molar-refractivity contribution in [2.75, 3.05) is 0 Å². The summed E-state index contributed by atoms with van der Waals surface area (Å²) in [5.41, 5.74) is 0.594. The number of aromatic nitrogens is 1. The van der Waals surface area contributed by atoms with Gasteiger partial charge in [-0.3, -0.25) is 9.59 Å². The van der Waals surface area contributed by atoms with Crippen molar-refractivity contribution in [3.8, 4) is 11.5 Å². The molecule has 0 aliphatic carbocycles. The number of hydrogen-bond donors (Lipinski definition) is 2. The van der Waals surface area contributed by atoms with Crippen LogP contribution in [-0.4, -0.2) is 10.9 Å². The molecule has 3 rings (SSSR count). The predicted octanol–water partition coefficient (Wildman–Crippen LogP) is 3.24. The molecule has 0 bridgehead atoms. The van der Waals surface area contributed by atoms with E-state index in [0.29, 0.717) is 11.3 Å². The molecule has 1 amide bonds. The molecule has 0 fully saturated rings. The molecule has 3 aromatic rings. The van der Waals surface area contributed by atoms with E-state index in [9.17, 15) is 14.0 Å². The molecule has 0 saturated heterocycles. The number of carbonyl (C=O) groups excluding carboxylic acids is 1. The molecule has 0 aliphatic heterocycles. The first-order valence-electron chi connectivity index (χ1n) is 7.61. The quantitative estimate of drug-likeness (QED) is 0.750. The van der Waals surface area contributed by atoms with E-state index in [1.54, 1.807) is 36.4 Å². The molecule has 0 radical (unpaired) electrons. The number of hydrogen-bond acceptors (Lipinski definition) is 3. The Morgan fingerprint density at radius 1 is 1.04 bits per heavy atom. The molecular formula is C19H15FN2O3. The van der Waals surface area contributed by atoms with Gasteiger partial charge in [0.05, 0.1) is 0 Å². The second kappa shape index (κ2) is 7.44. The van der Waals surface area contributed by atoms with Crippen LogP contribution in [0.1, 0.15) is 15.9 Å². The Hall–Kier alpha value is -3.41. The highest BCUT2D eigenvalue weighted by Gasteiger charge is 2.10. The lowest BCUT2D eigenvalue weighted by molar-refractivity contribution is 0.0950. The number of H-pyrrole nitrogens is 1. The van der Waals surface area contributed by atoms with Crippen LogP contribution in [0, 0.1) is 5.82 Å². The van der Waals surface area contributed by atoms with Gasteiger partial charge in [-0.1, -0.05) is 30.3 Å². The monoisotopic (exact) mass is 338 g/mol. The Balaban J connectivity index is 1.74. The first-order chi connectivity index (χ1) is 12.1. The third-order valence-corrected chi connectivity index (χ3v) is 3.51. The highest BCUT2D eigenvalue weighted by molar-refractivity contribution is 5.93. The standard InChI is InChI=1S/C19H15FN2O3/c20-15-6-2-4-8-17(15)25-16-7-3-1-5-14(16)12-22-19(24)13-9-10-21-18(23)11-13/h1-11H,12H2,(H,21,23)(H,22,24). The third-order valence-electron chi connectivity index (χ3n) is 3.51. The van der Waals surface area contributed by atoms with Crippen LogP contribution >= 0.6 is 0 Å². The molecule has 0 unspecified atom stereocenters. The first kappa shape index (κ1) is 16.4. The molecule has 1 aromatic heterocycles. The van der Waals surface area contributed by atoms with E-state index in [0.717, 1.165) is 0 Å². The van der Waals surface area contributed by atoms with Crippen LogP contribution in [-0.2, 0) is 6.54 Å². The van der Waals surface area contributed by atoms with Gasteiger partial charge < -0.3 is 15.0 Å². The Kier molecular flexibility index (Phi) is 4.89. The molecule has 0 atom stereocenters. The van der Waals surface area contributed by atoms with Crippen molar-refractivity contribution in [2.45, 2.75) is 6.54 Å². The maximum absolute atomic E-state index is 13.8. The average molecular weight is 338 g/mol. The van der Waals surface area contributed by atoms with Gasteiger partial charge >= 0.3 is 0 Å². The first-order valence-corrected chi connectivity index (χ1v) is 7.61. The molecule has 0 aliphatic rings. The van der Waals surface area contributed by atoms with Gasteiger partial charge in [0.25, 0.3) is 5.91 Å². The number of para-hydroxylation sites is 2. The van der Waals surface area contributed by atoms with E-state index >= 15 is 0 Å². The number of carbonyl (C=O) groups is 1. The van der Waals surface area contributed by atoms with Gasteiger partial charge in [-0.25, -0.2) is 4.39 Å². The van der Waals surface area contributed by atoms with Crippen molar-refractivity contribution < 1.29 is 13.9 Å². The van der Waals surface area contributed by atoms with Crippen LogP contribution < -0.4 is 15.6 Å². The minimum atomic E-state index is -0.468. The molecule has 126 valence electrons. The molecular weight excluding hydrogens is 323 g/mol. The minimum absolute atomic E-state index is 0.107. The Morgan fingerprint density at radius 2 is 1.76 bits per heavy atom. The van der Waals surface area contributed by atoms with Crippen LogP contribution in [0.3, 0.4) is 0 Å². The van der Waals surface area contributed by atoms with Gasteiger partial charge in [0.2, 0.25) is 5.56 Å². The SMILES string of the molecule is O=C(NCc1ccccc1Oc1ccccc1F)c1cc[nH]c(=O)c1. The summed E-state index contributed by atoms with van der Waals surface area (Å²) in [5.74, 6) is -0.300. The lowest BCUT2D eigenvalue weighted by Crippen LogP contribution is -2.24. The molecule has 1 heterocycles. The second-order valence-corrected chi connectivity index (χ2v) is 5.26. The molecule has 6 heteroatoms. The smallest absolute Gasteiger partial charge is 0.251 e. The van der Waals surface area contributed by atoms with E-state index in [1.165, 1.54) is 30.5 Å². The van der Waals surface area contributed by atoms with Crippen molar-refractivity contribution in [3.05, 3.63) is 94.2 Å². The van der Waals surface area contributed by atoms with Crippen LogP contribution in [0.4, 0.5) is 4.39 Å². The normalized spacial score (nSPS) is 10.3. The molecule has 5 nitrogen and oxygen atoms in total. The van der Waals surface area contributed by atoms with Gasteiger partial charge in [-0.2, -0.15) is 0 Å². The number of nitrogens with one attached hydrogen (secondary N) is 2. The maximum atomic E-state index is 13.8. The van der Waals surface area contributed by atoms with Gasteiger partial charge in [0.1, 0.15) is 5.75 Å². The number of rotatable bonds is 5. The summed E-state index contributed by atoms with van der Waals surface area (Å²) in [6, 6.07) is 15.9. The van der Waals surface area contributed by atoms with E-state index in [2.05, 4.69) is 10.3 Å². The Bertz CT molecular complexity index is 953. The zero-order chi connectivity index (χ0) is 17.6. The number of aromatic amines is 1. The van der Waals surface area contributed by atoms with Gasteiger partial charge in [-0.15, -0.1) is 0 Å². The van der Waals surface area contributed by atoms with E-state index < -0.39 is 5.82 Å². The molecule has 0 spiro atoms. The second-order valence-electron chi connectivity index (χ2n) is 5.26. The summed E-state index contributed by atoms with van der Waals surface area (Å²) in [7, 11) is 0. The Morgan fingerprint density at radius 3 is 2.52 bits per heavy atom. The largest absolute Gasteiger partial charge is 0.454 e. The predicted molar refractivity (Wildman–Crippen MR) is 91.1 cm³/mol. The molecule has 2 aromatic carbocycles. The summed E-state index contributed by atoms with van der Waals surface area (Å²) in [4.78, 5) is 25.8. The van der Waals surface area contributed by atoms with Gasteiger partial charge in [-0.05, 0) is 24.3 Å². The summed E-state index contributed by atoms with van der Waals surface area (Å²) in [6.45, 7) is 0.177. The third kappa shape index (κ3) is 4.11. The number of amides is 1. The summed E-state index contributed by atoms with van der Waals surface area (Å²) in [5, 5.41) is 2.72. The van der Waals surface area contributed by atoms with Crippen LogP contribution in [0.5, 0.6) is 11.5 Å². The number of pyridine rings is 1. The van der Waals surface area contributed by atoms with Gasteiger partial charge in [0, 0.05) is 29.9 Å². The molecule has 25 heavy (non-hydrogen) atoms. The van der Waals surface area contributed by atoms with Crippen molar-refractivity contribution in [1.29, 1.82) is 0 Å². The van der Waals surface area contributed by atoms with E-state index in [1.807, 2.05) is 0 Å². The van der Waals surface area contributed by atoms with Gasteiger partial charge in [0.15, 0.2) is 11.6 Å². The van der Waals surface area contributed by atoms with Crippen molar-refractivity contribution in [1.82, 2.24) is 10.3 Å². The highest BCUT2D eigenvalue weighted by atomic mass is 19.1. The maximum Gasteiger partial charge on any atom is 0.251 e. The fourth-order valence-corrected chi connectivity index (χ4v) is 2.26. The zero-order valence-corrected chi connectivity index (χ0v) is 13.2. The molecule has 0 saturated carbocycles. The molecule has 2 N–H and O–H groups in total. The van der Waals surface area contributed by atoms with Crippen LogP contribution in [0.15, 0.2) is 71.7 Å². The van der Waals surface area contributed by atoms with E-state index in [-0.39, 0.29) is 29.3 Å². The fourth-order valence-electron chi connectivity index (χ4n) is 2.26. The zero-order valence-electron chi connectivity index (χ0n) is 13.2. The topological polar surface area (TPSA) is 71.2 Å². The lowest BCUT2D eigenvalue weighted by atomic mass is 10.2. The number of ether oxygens (including phenoxy) is 1. The van der Waals surface area contributed by atoms with Crippen molar-refractivity contribution in [2.24, 2.45) is 0 Å². The summed E-state index contributed by atoms with van der Waals surface area (Å²) in [6.07, 6.45) is 1.41. The van der Waals surface area contributed by atoms with Crippen molar-refractivity contribution in [3.63, 3.8) is 0 Å². The fraction of sp³-hybridized carbons (Fsp3) is 0.0526. The summed E-state index contributed by atoms with van der Waals surface area (Å²) < 4.78 is 19.4. The summed E-state index contributed by atoms with van der Waals surface area (Å²) >= 11 is 0. The average Bonchev–Trinajstić information content (AvgIpc) is 2.62. The van der Waals surface area contributed by atoms with Crippen LogP contribution in [0.25, 0.3) is 0 Å². The number of benzene rings is 2. The van der Waals surface area contributed by atoms with Crippen molar-refractivity contribution >= 4 is 5.91 Å². The van der Waals surface area contributed by atoms with Crippen LogP contribution in [0.2, 0.25) is 0 Å². The highest BCUT2D eigenvalue weighted by Crippen LogP contribution is 2.27. The Labute approximate surface area is 143 Å².